The zero-order chi connectivity index (χ0) is 103. The Morgan fingerprint density at radius 2 is 0.796 bits per heavy atom. The molecule has 4 aliphatic carbocycles. The maximum Gasteiger partial charge on any atom is 0.306 e. The number of carbonyl (C=O) groups is 10. The van der Waals surface area contributed by atoms with Gasteiger partial charge in [0.1, 0.15) is 84.9 Å². The van der Waals surface area contributed by atoms with E-state index in [4.69, 9.17) is 47.4 Å². The van der Waals surface area contributed by atoms with Gasteiger partial charge in [-0.25, -0.2) is 0 Å². The number of aliphatic hydroxyl groups excluding tert-OH is 12. The van der Waals surface area contributed by atoms with Gasteiger partial charge < -0.3 is 156 Å². The van der Waals surface area contributed by atoms with Gasteiger partial charge in [-0.3, -0.25) is 47.9 Å². The van der Waals surface area contributed by atoms with Crippen molar-refractivity contribution in [1.82, 2.24) is 47.9 Å². The molecule has 3 aliphatic heterocycles. The predicted molar refractivity (Wildman–Crippen MR) is 519 cm³/mol. The van der Waals surface area contributed by atoms with Crippen LogP contribution in [-0.2, 0) is 95.3 Å². The van der Waals surface area contributed by atoms with E-state index in [0.717, 1.165) is 77.0 Å². The van der Waals surface area contributed by atoms with Crippen molar-refractivity contribution in [2.24, 2.45) is 40.4 Å². The molecule has 41 nitrogen and oxygen atoms in total. The number of hydrogen-bond acceptors (Lipinski definition) is 32. The van der Waals surface area contributed by atoms with E-state index in [9.17, 15) is 109 Å². The van der Waals surface area contributed by atoms with Crippen LogP contribution in [0.25, 0.3) is 0 Å². The van der Waals surface area contributed by atoms with Crippen molar-refractivity contribution in [1.29, 1.82) is 0 Å². The molecule has 142 heavy (non-hydrogen) atoms. The fourth-order valence-corrected chi connectivity index (χ4v) is 20.7. The lowest BCUT2D eigenvalue weighted by Crippen LogP contribution is -2.60. The highest BCUT2D eigenvalue weighted by atomic mass is 16.7. The van der Waals surface area contributed by atoms with Gasteiger partial charge in [-0.15, -0.1) is 0 Å². The molecule has 0 aromatic heterocycles. The molecule has 1 unspecified atom stereocenters. The van der Waals surface area contributed by atoms with E-state index in [1.54, 1.807) is 0 Å². The first-order valence-electron chi connectivity index (χ1n) is 52.8. The summed E-state index contributed by atoms with van der Waals surface area (Å²) in [6.45, 7) is 6.57. The molecule has 6 fully saturated rings. The Hall–Kier alpha value is -6.66. The van der Waals surface area contributed by atoms with Crippen molar-refractivity contribution in [3.63, 3.8) is 0 Å². The second-order valence-electron chi connectivity index (χ2n) is 40.1. The molecule has 9 amide bonds. The Kier molecular flexibility index (Phi) is 58.0. The highest BCUT2D eigenvalue weighted by Crippen LogP contribution is 2.67. The number of unbranched alkanes of at least 4 members (excludes halogenated alkanes) is 14. The SMILES string of the molecule is CCCCCCCC/C=C\CCCCCCCC(=O)O[C@H]1CC[C@@]2(C)C(=CC[C@H]3[C@@H]4CC[C@H](C(C)C(=O)NCCCC(=O)NCC(=O)NC(COCCC(=O)NCCCNC(=O)CCCCO[C@@H]5O[C@H](CO)[C@H](O)[C@@H](O)[C@H]5O)(COCCC(=O)NCCCNC(=O)CCCCO[C@@H]5O[C@H](CO)[C@H](O)[C@@H](O)[C@H]5O)COCCC(=O)NCCCNC(=O)CCCCO[C@@H]5O[C@H](CO)[C@H](O)[C@@H](O)[C@H]5O)[C@@]4(C)CC[C@@H]32)C1. The van der Waals surface area contributed by atoms with E-state index >= 15 is 0 Å². The van der Waals surface area contributed by atoms with Gasteiger partial charge in [0.05, 0.1) is 66.0 Å². The topological polar surface area (TPSA) is 614 Å². The fraction of sp³-hybridized carbons (Fsp3) is 0.861. The quantitative estimate of drug-likeness (QED) is 0.0235. The van der Waals surface area contributed by atoms with Gasteiger partial charge in [0.15, 0.2) is 18.9 Å². The maximum atomic E-state index is 14.3. The first-order valence-corrected chi connectivity index (χ1v) is 52.8. The summed E-state index contributed by atoms with van der Waals surface area (Å²) in [7, 11) is 0. The van der Waals surface area contributed by atoms with Gasteiger partial charge in [0, 0.05) is 129 Å². The smallest absolute Gasteiger partial charge is 0.306 e. The zero-order valence-corrected chi connectivity index (χ0v) is 84.6. The Morgan fingerprint density at radius 1 is 0.408 bits per heavy atom. The average molecular weight is 2030 g/mol. The van der Waals surface area contributed by atoms with E-state index in [1.807, 2.05) is 6.92 Å². The van der Waals surface area contributed by atoms with Crippen molar-refractivity contribution in [2.45, 2.75) is 382 Å². The molecule has 3 heterocycles. The molecule has 23 atom stereocenters. The predicted octanol–water partition coefficient (Wildman–Crippen LogP) is 2.07. The summed E-state index contributed by atoms with van der Waals surface area (Å²) < 4.78 is 57.1. The number of fused-ring (bicyclic) bond motifs is 5. The Bertz CT molecular complexity index is 3530. The molecule has 21 N–H and O–H groups in total. The Balaban J connectivity index is 0.880. The third kappa shape index (κ3) is 42.2. The minimum atomic E-state index is -1.61. The van der Waals surface area contributed by atoms with Gasteiger partial charge in [0.25, 0.3) is 0 Å². The minimum absolute atomic E-state index is 0.0312. The van der Waals surface area contributed by atoms with Crippen LogP contribution in [0.15, 0.2) is 23.8 Å². The standard InChI is InChI=1S/C101H175N9O32/c1-5-6-7-8-9-10-11-12-13-14-15-16-17-18-19-34-85(122)139-69-39-44-99(3)68(59-69)35-36-70-72-38-37-71(100(72,4)45-40-73(70)99)67(2)95(132)108-46-26-33-80(117)109-60-84(121)110-101(64-133-56-41-81(118)105-50-27-47-102-77(114)30-20-23-53-136-96-92(129)89(126)86(123)74(61-111)140-96,65-134-57-42-82(119)106-51-28-48-103-78(115)31-21-24-54-137-97-93(130)90(127)87(124)75(62-112)141-97)66-135-58-43-83(120)107-52-29-49-104-79(116)32-22-25-55-138-98-94(131)91(128)88(125)76(63-113)142-98/h12-13,35,67,69-76,86-94,96-98,111-113,123-131H,5-11,14-34,36-66H2,1-4H3,(H,102,114)(H,103,115)(H,104,116)(H,105,118)(H,106,119)(H,107,120)(H,108,132)(H,109,117)(H,110,121)/b13-12-/t67?,69-,70-,71+,72-,73-,74+,75+,76+,86-,87-,88-,89+,90+,91+,92+,93+,94+,96+,97+,98+,99-,100+/m0/s1. The highest BCUT2D eigenvalue weighted by molar-refractivity contribution is 5.85. The minimum Gasteiger partial charge on any atom is -0.462 e. The van der Waals surface area contributed by atoms with E-state index in [-0.39, 0.29) is 215 Å². The lowest BCUT2D eigenvalue weighted by atomic mass is 9.47. The van der Waals surface area contributed by atoms with E-state index in [1.165, 1.54) is 63.4 Å². The van der Waals surface area contributed by atoms with Gasteiger partial charge in [-0.1, -0.05) is 103 Å². The first-order chi connectivity index (χ1) is 68.3. The van der Waals surface area contributed by atoms with Crippen molar-refractivity contribution in [2.75, 3.05) is 132 Å². The maximum absolute atomic E-state index is 14.3. The molecular formula is C101H175N9O32. The van der Waals surface area contributed by atoms with E-state index in [2.05, 4.69) is 86.9 Å². The van der Waals surface area contributed by atoms with Crippen LogP contribution < -0.4 is 47.9 Å². The Labute approximate surface area is 837 Å². The van der Waals surface area contributed by atoms with E-state index < -0.39 is 154 Å². The first kappa shape index (κ1) is 122. The highest BCUT2D eigenvalue weighted by Gasteiger charge is 2.60. The number of amides is 9. The average Bonchev–Trinajstić information content (AvgIpc) is 1.42. The van der Waals surface area contributed by atoms with Crippen LogP contribution in [0.5, 0.6) is 0 Å². The molecule has 7 aliphatic rings. The van der Waals surface area contributed by atoms with Gasteiger partial charge >= 0.3 is 5.97 Å². The van der Waals surface area contributed by atoms with Crippen LogP contribution in [0, 0.1) is 40.4 Å². The summed E-state index contributed by atoms with van der Waals surface area (Å²) in [4.78, 5) is 133. The fourth-order valence-electron chi connectivity index (χ4n) is 20.7. The molecular weight excluding hydrogens is 1850 g/mol. The number of hydrogen-bond donors (Lipinski definition) is 21. The lowest BCUT2D eigenvalue weighted by molar-refractivity contribution is -0.301. The largest absolute Gasteiger partial charge is 0.462 e. The molecule has 0 bridgehead atoms. The normalized spacial score (nSPS) is 28.2. The number of aliphatic hydroxyl groups is 12. The second kappa shape index (κ2) is 67.3. The lowest BCUT2D eigenvalue weighted by Gasteiger charge is -2.58. The summed E-state index contributed by atoms with van der Waals surface area (Å²) in [5.74, 6) is -2.03. The monoisotopic (exact) mass is 2030 g/mol. The molecule has 7 rings (SSSR count). The van der Waals surface area contributed by atoms with E-state index in [0.29, 0.717) is 82.0 Å². The molecule has 816 valence electrons. The number of rotatable bonds is 73. The molecule has 0 radical (unpaired) electrons. The molecule has 0 aromatic carbocycles. The third-order valence-corrected chi connectivity index (χ3v) is 29.2. The zero-order valence-electron chi connectivity index (χ0n) is 84.6. The van der Waals surface area contributed by atoms with Crippen LogP contribution in [0.1, 0.15) is 278 Å². The van der Waals surface area contributed by atoms with Crippen molar-refractivity contribution < 1.29 is 157 Å². The summed E-state index contributed by atoms with van der Waals surface area (Å²) >= 11 is 0. The summed E-state index contributed by atoms with van der Waals surface area (Å²) in [6, 6.07) is 0. The summed E-state index contributed by atoms with van der Waals surface area (Å²) in [5, 5.41) is 145. The number of esters is 1. The molecule has 41 heteroatoms. The van der Waals surface area contributed by atoms with Gasteiger partial charge in [-0.05, 0) is 176 Å². The number of ether oxygens (including phenoxy) is 10. The second-order valence-corrected chi connectivity index (χ2v) is 40.1. The summed E-state index contributed by atoms with van der Waals surface area (Å²) in [5.41, 5.74) is -0.156. The molecule has 0 spiro atoms. The summed E-state index contributed by atoms with van der Waals surface area (Å²) in [6.07, 6.45) is 13.1. The van der Waals surface area contributed by atoms with Crippen LogP contribution in [0.4, 0.5) is 0 Å². The third-order valence-electron chi connectivity index (χ3n) is 29.2. The van der Waals surface area contributed by atoms with Crippen LogP contribution >= 0.6 is 0 Å². The van der Waals surface area contributed by atoms with Crippen LogP contribution in [-0.4, -0.2) is 356 Å². The number of nitrogens with one attached hydrogen (secondary N) is 9. The van der Waals surface area contributed by atoms with Crippen LogP contribution in [0.2, 0.25) is 0 Å². The Morgan fingerprint density at radius 3 is 1.23 bits per heavy atom. The van der Waals surface area contributed by atoms with Gasteiger partial charge in [-0.2, -0.15) is 0 Å². The number of allylic oxidation sites excluding steroid dienone is 3. The molecule has 3 saturated heterocycles. The van der Waals surface area contributed by atoms with Crippen molar-refractivity contribution >= 4 is 59.1 Å². The molecule has 3 saturated carbocycles. The van der Waals surface area contributed by atoms with Crippen molar-refractivity contribution in [3.8, 4) is 0 Å². The van der Waals surface area contributed by atoms with Crippen LogP contribution in [0.3, 0.4) is 0 Å². The van der Waals surface area contributed by atoms with Crippen molar-refractivity contribution in [3.05, 3.63) is 23.8 Å². The number of carbonyl (C=O) groups excluding carboxylic acids is 10. The molecule has 0 aromatic rings. The van der Waals surface area contributed by atoms with Gasteiger partial charge in [0.2, 0.25) is 53.2 Å².